The van der Waals surface area contributed by atoms with Crippen molar-refractivity contribution < 1.29 is 13.9 Å². The Morgan fingerprint density at radius 2 is 2.39 bits per heavy atom. The molecule has 0 amide bonds. The largest absolute Gasteiger partial charge is 0.494 e. The van der Waals surface area contributed by atoms with Gasteiger partial charge in [0, 0.05) is 24.8 Å². The first-order chi connectivity index (χ1) is 8.72. The minimum absolute atomic E-state index is 0.276. The van der Waals surface area contributed by atoms with Crippen LogP contribution in [0.4, 0.5) is 4.39 Å². The molecule has 2 rings (SSSR count). The van der Waals surface area contributed by atoms with Gasteiger partial charge in [0.2, 0.25) is 0 Å². The maximum absolute atomic E-state index is 13.9. The van der Waals surface area contributed by atoms with E-state index in [0.717, 1.165) is 19.6 Å². The topological polar surface area (TPSA) is 30.5 Å². The van der Waals surface area contributed by atoms with Crippen LogP contribution in [-0.2, 0) is 11.3 Å². The van der Waals surface area contributed by atoms with Gasteiger partial charge in [0.1, 0.15) is 0 Å². The van der Waals surface area contributed by atoms with E-state index in [-0.39, 0.29) is 5.82 Å². The summed E-state index contributed by atoms with van der Waals surface area (Å²) in [5.74, 6) is 0.548. The first-order valence-corrected chi connectivity index (χ1v) is 6.35. The fourth-order valence-corrected chi connectivity index (χ4v) is 2.24. The lowest BCUT2D eigenvalue weighted by molar-refractivity contribution is 0.178. The zero-order valence-corrected chi connectivity index (χ0v) is 10.9. The highest BCUT2D eigenvalue weighted by Gasteiger charge is 2.22. The van der Waals surface area contributed by atoms with Crippen molar-refractivity contribution in [1.82, 2.24) is 5.32 Å². The molecule has 0 bridgehead atoms. The number of nitrogens with one attached hydrogen (secondary N) is 1. The van der Waals surface area contributed by atoms with E-state index in [4.69, 9.17) is 9.47 Å². The molecule has 1 aliphatic heterocycles. The van der Waals surface area contributed by atoms with E-state index in [0.29, 0.717) is 29.8 Å². The zero-order chi connectivity index (χ0) is 13.0. The van der Waals surface area contributed by atoms with Gasteiger partial charge in [-0.3, -0.25) is 0 Å². The van der Waals surface area contributed by atoms with Crippen LogP contribution < -0.4 is 10.1 Å². The average Bonchev–Trinajstić information content (AvgIpc) is 2.91. The highest BCUT2D eigenvalue weighted by atomic mass is 19.1. The van der Waals surface area contributed by atoms with E-state index in [2.05, 4.69) is 12.2 Å². The first kappa shape index (κ1) is 13.3. The fourth-order valence-electron chi connectivity index (χ4n) is 2.24. The molecule has 1 saturated heterocycles. The third kappa shape index (κ3) is 3.00. The van der Waals surface area contributed by atoms with E-state index in [1.54, 1.807) is 12.1 Å². The number of methoxy groups -OCH3 is 1. The Morgan fingerprint density at radius 3 is 3.06 bits per heavy atom. The maximum Gasteiger partial charge on any atom is 0.169 e. The van der Waals surface area contributed by atoms with Crippen molar-refractivity contribution in [2.45, 2.75) is 25.9 Å². The van der Waals surface area contributed by atoms with Gasteiger partial charge in [0.05, 0.1) is 13.7 Å². The lowest BCUT2D eigenvalue weighted by Gasteiger charge is -2.19. The lowest BCUT2D eigenvalue weighted by Crippen LogP contribution is -2.33. The normalized spacial score (nSPS) is 20.9. The Hall–Kier alpha value is -1.13. The van der Waals surface area contributed by atoms with Crippen molar-refractivity contribution in [3.8, 4) is 5.75 Å². The third-order valence-corrected chi connectivity index (χ3v) is 3.55. The van der Waals surface area contributed by atoms with Crippen LogP contribution in [0.15, 0.2) is 18.2 Å². The van der Waals surface area contributed by atoms with Gasteiger partial charge in [-0.1, -0.05) is 12.1 Å². The molecule has 0 radical (unpaired) electrons. The molecule has 0 saturated carbocycles. The van der Waals surface area contributed by atoms with Crippen LogP contribution in [-0.4, -0.2) is 26.4 Å². The standard InChI is InChI=1S/C14H20FNO2/c1-10(12-6-7-18-9-12)16-8-11-4-3-5-13(17-2)14(11)15/h3-5,10,12,16H,6-9H2,1-2H3. The summed E-state index contributed by atoms with van der Waals surface area (Å²) >= 11 is 0. The number of ether oxygens (including phenoxy) is 2. The Balaban J connectivity index is 1.93. The van der Waals surface area contributed by atoms with Crippen molar-refractivity contribution in [2.75, 3.05) is 20.3 Å². The summed E-state index contributed by atoms with van der Waals surface area (Å²) < 4.78 is 24.2. The van der Waals surface area contributed by atoms with Crippen molar-refractivity contribution >= 4 is 0 Å². The van der Waals surface area contributed by atoms with Gasteiger partial charge < -0.3 is 14.8 Å². The number of hydrogen-bond donors (Lipinski definition) is 1. The number of benzene rings is 1. The molecular formula is C14H20FNO2. The summed E-state index contributed by atoms with van der Waals surface area (Å²) in [5, 5.41) is 3.36. The van der Waals surface area contributed by atoms with Crippen molar-refractivity contribution in [3.05, 3.63) is 29.6 Å². The predicted octanol–water partition coefficient (Wildman–Crippen LogP) is 2.35. The average molecular weight is 253 g/mol. The summed E-state index contributed by atoms with van der Waals surface area (Å²) in [5.41, 5.74) is 0.639. The molecule has 1 fully saturated rings. The van der Waals surface area contributed by atoms with Crippen LogP contribution in [0.1, 0.15) is 18.9 Å². The summed E-state index contributed by atoms with van der Waals surface area (Å²) in [6.45, 7) is 4.27. The first-order valence-electron chi connectivity index (χ1n) is 6.35. The number of halogens is 1. The molecule has 100 valence electrons. The Morgan fingerprint density at radius 1 is 1.56 bits per heavy atom. The van der Waals surface area contributed by atoms with Gasteiger partial charge in [-0.05, 0) is 25.3 Å². The molecule has 3 nitrogen and oxygen atoms in total. The zero-order valence-electron chi connectivity index (χ0n) is 10.9. The molecule has 18 heavy (non-hydrogen) atoms. The van der Waals surface area contributed by atoms with E-state index < -0.39 is 0 Å². The van der Waals surface area contributed by atoms with Crippen LogP contribution >= 0.6 is 0 Å². The summed E-state index contributed by atoms with van der Waals surface area (Å²) in [4.78, 5) is 0. The summed E-state index contributed by atoms with van der Waals surface area (Å²) in [6.07, 6.45) is 1.08. The minimum Gasteiger partial charge on any atom is -0.494 e. The molecule has 2 unspecified atom stereocenters. The van der Waals surface area contributed by atoms with Crippen LogP contribution in [0, 0.1) is 11.7 Å². The lowest BCUT2D eigenvalue weighted by atomic mass is 10.0. The predicted molar refractivity (Wildman–Crippen MR) is 68.2 cm³/mol. The Labute approximate surface area is 107 Å². The van der Waals surface area contributed by atoms with Crippen molar-refractivity contribution in [1.29, 1.82) is 0 Å². The number of rotatable bonds is 5. The second-order valence-electron chi connectivity index (χ2n) is 4.73. The second-order valence-corrected chi connectivity index (χ2v) is 4.73. The van der Waals surface area contributed by atoms with Gasteiger partial charge in [0.15, 0.2) is 11.6 Å². The summed E-state index contributed by atoms with van der Waals surface area (Å²) in [6, 6.07) is 5.55. The molecule has 1 N–H and O–H groups in total. The van der Waals surface area contributed by atoms with Gasteiger partial charge in [-0.25, -0.2) is 4.39 Å². The molecule has 1 aliphatic rings. The molecule has 2 atom stereocenters. The van der Waals surface area contributed by atoms with Gasteiger partial charge >= 0.3 is 0 Å². The molecule has 0 aromatic heterocycles. The second kappa shape index (κ2) is 6.16. The van der Waals surface area contributed by atoms with Crippen LogP contribution in [0.5, 0.6) is 5.75 Å². The van der Waals surface area contributed by atoms with Crippen LogP contribution in [0.3, 0.4) is 0 Å². The molecule has 1 heterocycles. The highest BCUT2D eigenvalue weighted by Crippen LogP contribution is 2.21. The Bertz CT molecular complexity index is 391. The van der Waals surface area contributed by atoms with Gasteiger partial charge in [0.25, 0.3) is 0 Å². The SMILES string of the molecule is COc1cccc(CNC(C)C2CCOC2)c1F. The van der Waals surface area contributed by atoms with Crippen molar-refractivity contribution in [3.63, 3.8) is 0 Å². The van der Waals surface area contributed by atoms with Gasteiger partial charge in [-0.15, -0.1) is 0 Å². The quantitative estimate of drug-likeness (QED) is 0.873. The van der Waals surface area contributed by atoms with E-state index in [1.807, 2.05) is 6.07 Å². The van der Waals surface area contributed by atoms with Crippen molar-refractivity contribution in [2.24, 2.45) is 5.92 Å². The van der Waals surface area contributed by atoms with E-state index in [9.17, 15) is 4.39 Å². The van der Waals surface area contributed by atoms with E-state index in [1.165, 1.54) is 7.11 Å². The van der Waals surface area contributed by atoms with Gasteiger partial charge in [-0.2, -0.15) is 0 Å². The molecule has 0 aliphatic carbocycles. The maximum atomic E-state index is 13.9. The Kier molecular flexibility index (Phi) is 4.55. The van der Waals surface area contributed by atoms with Crippen LogP contribution in [0.25, 0.3) is 0 Å². The molecule has 4 heteroatoms. The number of hydrogen-bond acceptors (Lipinski definition) is 3. The van der Waals surface area contributed by atoms with Crippen LogP contribution in [0.2, 0.25) is 0 Å². The molecule has 0 spiro atoms. The third-order valence-electron chi connectivity index (χ3n) is 3.55. The summed E-state index contributed by atoms with van der Waals surface area (Å²) in [7, 11) is 1.48. The fraction of sp³-hybridized carbons (Fsp3) is 0.571. The monoisotopic (exact) mass is 253 g/mol. The molecule has 1 aromatic rings. The molecular weight excluding hydrogens is 233 g/mol. The highest BCUT2D eigenvalue weighted by molar-refractivity contribution is 5.30. The smallest absolute Gasteiger partial charge is 0.169 e. The minimum atomic E-state index is -0.276. The van der Waals surface area contributed by atoms with E-state index >= 15 is 0 Å². The molecule has 1 aromatic carbocycles.